The molecule has 0 saturated carbocycles. The third-order valence-electron chi connectivity index (χ3n) is 5.38. The van der Waals surface area contributed by atoms with Crippen molar-refractivity contribution in [2.24, 2.45) is 0 Å². The monoisotopic (exact) mass is 518 g/mol. The second-order valence-corrected chi connectivity index (χ2v) is 9.26. The Morgan fingerprint density at radius 1 is 1.10 bits per heavy atom. The molecule has 1 unspecified atom stereocenters. The van der Waals surface area contributed by atoms with E-state index in [-0.39, 0.29) is 11.3 Å². The van der Waals surface area contributed by atoms with E-state index in [0.717, 1.165) is 33.2 Å². The first-order chi connectivity index (χ1) is 14.2. The molecule has 0 bridgehead atoms. The zero-order valence-corrected chi connectivity index (χ0v) is 19.9. The van der Waals surface area contributed by atoms with Crippen molar-refractivity contribution >= 4 is 40.0 Å². The summed E-state index contributed by atoms with van der Waals surface area (Å²) in [6, 6.07) is 12.9. The number of ketones is 1. The first-order valence-electron chi connectivity index (χ1n) is 9.97. The molecule has 0 spiro atoms. The normalized spacial score (nSPS) is 18.5. The van der Waals surface area contributed by atoms with E-state index >= 15 is 0 Å². The fourth-order valence-electron chi connectivity index (χ4n) is 3.80. The largest absolute Gasteiger partial charge is 0.507 e. The highest BCUT2D eigenvalue weighted by Gasteiger charge is 2.45. The number of benzene rings is 2. The number of aryl methyl sites for hydroxylation is 2. The maximum absolute atomic E-state index is 13.1. The molecule has 1 heterocycles. The molecule has 30 heavy (non-hydrogen) atoms. The maximum Gasteiger partial charge on any atom is 0.295 e. The number of carbonyl (C=O) groups is 2. The van der Waals surface area contributed by atoms with Gasteiger partial charge in [-0.05, 0) is 92.8 Å². The fraction of sp³-hybridized carbons (Fsp3) is 0.333. The summed E-state index contributed by atoms with van der Waals surface area (Å²) in [5.41, 5.74) is 3.43. The minimum Gasteiger partial charge on any atom is -0.507 e. The highest BCUT2D eigenvalue weighted by Crippen LogP contribution is 2.40. The van der Waals surface area contributed by atoms with Gasteiger partial charge in [-0.2, -0.15) is 0 Å². The molecule has 1 N–H and O–H groups in total. The highest BCUT2D eigenvalue weighted by atomic mass is 127. The van der Waals surface area contributed by atoms with Crippen LogP contribution in [0, 0.1) is 17.4 Å². The van der Waals surface area contributed by atoms with Crippen molar-refractivity contribution in [3.63, 3.8) is 0 Å². The van der Waals surface area contributed by atoms with Gasteiger partial charge in [0.15, 0.2) is 0 Å². The Balaban J connectivity index is 2.13. The van der Waals surface area contributed by atoms with E-state index in [4.69, 9.17) is 0 Å². The lowest BCUT2D eigenvalue weighted by atomic mass is 9.93. The Bertz CT molecular complexity index is 996. The predicted octanol–water partition coefficient (Wildman–Crippen LogP) is 4.28. The second-order valence-electron chi connectivity index (χ2n) is 8.02. The van der Waals surface area contributed by atoms with Crippen molar-refractivity contribution in [2.75, 3.05) is 27.2 Å². The van der Waals surface area contributed by atoms with Gasteiger partial charge in [-0.1, -0.05) is 29.8 Å². The molecule has 1 amide bonds. The van der Waals surface area contributed by atoms with Crippen LogP contribution in [0.2, 0.25) is 0 Å². The molecule has 1 atom stereocenters. The Labute approximate surface area is 191 Å². The zero-order valence-electron chi connectivity index (χ0n) is 17.8. The number of hydrogen-bond acceptors (Lipinski definition) is 4. The van der Waals surface area contributed by atoms with Crippen LogP contribution in [0.3, 0.4) is 0 Å². The SMILES string of the molecule is Cc1ccc(C)c(C(O)=C2C(=O)C(=O)N(CCCN(C)C)C2c2ccc(I)cc2)c1. The Morgan fingerprint density at radius 2 is 1.77 bits per heavy atom. The molecular formula is C24H27IN2O3. The fourth-order valence-corrected chi connectivity index (χ4v) is 4.16. The number of aliphatic hydroxyl groups is 1. The van der Waals surface area contributed by atoms with Gasteiger partial charge in [0.25, 0.3) is 11.7 Å². The third kappa shape index (κ3) is 4.59. The molecular weight excluding hydrogens is 491 g/mol. The number of carbonyl (C=O) groups excluding carboxylic acids is 2. The summed E-state index contributed by atoms with van der Waals surface area (Å²) in [5, 5.41) is 11.2. The number of likely N-dealkylation sites (tertiary alicyclic amines) is 1. The molecule has 158 valence electrons. The molecule has 0 aromatic heterocycles. The Morgan fingerprint density at radius 3 is 2.40 bits per heavy atom. The van der Waals surface area contributed by atoms with Crippen LogP contribution >= 0.6 is 22.6 Å². The van der Waals surface area contributed by atoms with E-state index in [9.17, 15) is 14.7 Å². The molecule has 1 aliphatic heterocycles. The molecule has 0 aliphatic carbocycles. The lowest BCUT2D eigenvalue weighted by molar-refractivity contribution is -0.139. The van der Waals surface area contributed by atoms with Gasteiger partial charge in [0, 0.05) is 15.7 Å². The molecule has 1 fully saturated rings. The van der Waals surface area contributed by atoms with Gasteiger partial charge >= 0.3 is 0 Å². The van der Waals surface area contributed by atoms with Crippen molar-refractivity contribution in [2.45, 2.75) is 26.3 Å². The van der Waals surface area contributed by atoms with Crippen LogP contribution in [-0.2, 0) is 9.59 Å². The molecule has 1 aliphatic rings. The smallest absolute Gasteiger partial charge is 0.295 e. The quantitative estimate of drug-likeness (QED) is 0.269. The predicted molar refractivity (Wildman–Crippen MR) is 127 cm³/mol. The topological polar surface area (TPSA) is 60.9 Å². The van der Waals surface area contributed by atoms with Crippen molar-refractivity contribution < 1.29 is 14.7 Å². The lowest BCUT2D eigenvalue weighted by Gasteiger charge is -2.26. The van der Waals surface area contributed by atoms with E-state index in [2.05, 4.69) is 22.6 Å². The summed E-state index contributed by atoms with van der Waals surface area (Å²) in [6.45, 7) is 5.08. The number of hydrogen-bond donors (Lipinski definition) is 1. The van der Waals surface area contributed by atoms with E-state index in [0.29, 0.717) is 12.1 Å². The second kappa shape index (κ2) is 9.31. The first kappa shape index (κ1) is 22.5. The summed E-state index contributed by atoms with van der Waals surface area (Å²) in [5.74, 6) is -1.28. The minimum atomic E-state index is -0.623. The standard InChI is InChI=1S/C24H27IN2O3/c1-15-6-7-16(2)19(14-15)22(28)20-21(17-8-10-18(25)11-9-17)27(24(30)23(20)29)13-5-12-26(3)4/h6-11,14,21,28H,5,12-13H2,1-4H3. The summed E-state index contributed by atoms with van der Waals surface area (Å²) in [7, 11) is 3.95. The lowest BCUT2D eigenvalue weighted by Crippen LogP contribution is -2.32. The molecule has 0 radical (unpaired) electrons. The number of amides is 1. The van der Waals surface area contributed by atoms with Crippen molar-refractivity contribution in [3.8, 4) is 0 Å². The number of Topliss-reactive ketones (excluding diaryl/α,β-unsaturated/α-hetero) is 1. The molecule has 3 rings (SSSR count). The van der Waals surface area contributed by atoms with Gasteiger partial charge in [0.1, 0.15) is 5.76 Å². The van der Waals surface area contributed by atoms with Crippen LogP contribution in [-0.4, -0.2) is 53.8 Å². The average molecular weight is 518 g/mol. The summed E-state index contributed by atoms with van der Waals surface area (Å²) < 4.78 is 1.07. The number of nitrogens with zero attached hydrogens (tertiary/aromatic N) is 2. The van der Waals surface area contributed by atoms with E-state index in [1.165, 1.54) is 0 Å². The van der Waals surface area contributed by atoms with Gasteiger partial charge in [-0.15, -0.1) is 0 Å². The van der Waals surface area contributed by atoms with Gasteiger partial charge in [-0.25, -0.2) is 0 Å². The number of halogens is 1. The summed E-state index contributed by atoms with van der Waals surface area (Å²) in [4.78, 5) is 29.6. The van der Waals surface area contributed by atoms with Crippen LogP contribution in [0.1, 0.15) is 34.7 Å². The van der Waals surface area contributed by atoms with E-state index in [1.807, 2.05) is 75.3 Å². The third-order valence-corrected chi connectivity index (χ3v) is 6.10. The van der Waals surface area contributed by atoms with Crippen LogP contribution < -0.4 is 0 Å². The van der Waals surface area contributed by atoms with E-state index in [1.54, 1.807) is 4.90 Å². The first-order valence-corrected chi connectivity index (χ1v) is 11.0. The highest BCUT2D eigenvalue weighted by molar-refractivity contribution is 14.1. The molecule has 1 saturated heterocycles. The van der Waals surface area contributed by atoms with Gasteiger partial charge in [-0.3, -0.25) is 9.59 Å². The van der Waals surface area contributed by atoms with Crippen molar-refractivity contribution in [1.82, 2.24) is 9.80 Å². The van der Waals surface area contributed by atoms with Crippen LogP contribution in [0.15, 0.2) is 48.0 Å². The zero-order chi connectivity index (χ0) is 22.0. The van der Waals surface area contributed by atoms with Crippen molar-refractivity contribution in [1.29, 1.82) is 0 Å². The summed E-state index contributed by atoms with van der Waals surface area (Å²) in [6.07, 6.45) is 0.740. The molecule has 6 heteroatoms. The molecule has 2 aromatic carbocycles. The van der Waals surface area contributed by atoms with Crippen LogP contribution in [0.4, 0.5) is 0 Å². The maximum atomic E-state index is 13.1. The van der Waals surface area contributed by atoms with Gasteiger partial charge < -0.3 is 14.9 Å². The van der Waals surface area contributed by atoms with Gasteiger partial charge in [0.2, 0.25) is 0 Å². The Hall–Kier alpha value is -2.19. The minimum absolute atomic E-state index is 0.104. The Kier molecular flexibility index (Phi) is 6.98. The number of rotatable bonds is 6. The average Bonchev–Trinajstić information content (AvgIpc) is 2.94. The van der Waals surface area contributed by atoms with Crippen LogP contribution in [0.5, 0.6) is 0 Å². The number of aliphatic hydroxyl groups excluding tert-OH is 1. The van der Waals surface area contributed by atoms with E-state index < -0.39 is 17.7 Å². The molecule has 5 nitrogen and oxygen atoms in total. The van der Waals surface area contributed by atoms with Crippen molar-refractivity contribution in [3.05, 3.63) is 73.9 Å². The summed E-state index contributed by atoms with van der Waals surface area (Å²) >= 11 is 2.22. The molecule has 2 aromatic rings. The van der Waals surface area contributed by atoms with Crippen LogP contribution in [0.25, 0.3) is 5.76 Å². The van der Waals surface area contributed by atoms with Gasteiger partial charge in [0.05, 0.1) is 11.6 Å².